The average Bonchev–Trinajstić information content (AvgIpc) is 3.44. The number of piperidine rings is 1. The van der Waals surface area contributed by atoms with E-state index < -0.39 is 15.9 Å². The highest BCUT2D eigenvalue weighted by atomic mass is 32.2. The van der Waals surface area contributed by atoms with E-state index in [4.69, 9.17) is 0 Å². The third-order valence-electron chi connectivity index (χ3n) is 7.28. The molecule has 2 amide bonds. The number of amides is 2. The summed E-state index contributed by atoms with van der Waals surface area (Å²) in [7, 11) is -3.92. The normalized spacial score (nSPS) is 17.9. The number of para-hydroxylation sites is 1. The summed E-state index contributed by atoms with van der Waals surface area (Å²) in [5, 5.41) is 7.25. The third-order valence-corrected chi connectivity index (χ3v) is 9.40. The summed E-state index contributed by atoms with van der Waals surface area (Å²) in [6.07, 6.45) is 1.95. The number of pyridine rings is 1. The Bertz CT molecular complexity index is 1500. The summed E-state index contributed by atoms with van der Waals surface area (Å²) in [5.74, 6) is -0.422. The summed E-state index contributed by atoms with van der Waals surface area (Å²) in [5.41, 5.74) is 3.56. The summed E-state index contributed by atoms with van der Waals surface area (Å²) >= 11 is 0. The highest BCUT2D eigenvalue weighted by Crippen LogP contribution is 2.30. The number of hydrogen-bond donors (Lipinski definition) is 1. The minimum absolute atomic E-state index is 0.0505. The summed E-state index contributed by atoms with van der Waals surface area (Å²) in [6, 6.07) is 13.2. The van der Waals surface area contributed by atoms with Crippen molar-refractivity contribution >= 4 is 33.3 Å². The Morgan fingerprint density at radius 3 is 2.63 bits per heavy atom. The number of aryl methyl sites for hydroxylation is 2. The lowest BCUT2D eigenvalue weighted by Gasteiger charge is -2.31. The van der Waals surface area contributed by atoms with Crippen molar-refractivity contribution < 1.29 is 18.0 Å². The monoisotopic (exact) mass is 536 g/mol. The lowest BCUT2D eigenvalue weighted by Crippen LogP contribution is -2.44. The number of sulfonamides is 1. The van der Waals surface area contributed by atoms with Gasteiger partial charge in [0, 0.05) is 31.0 Å². The number of nitrogens with zero attached hydrogens (tertiary/aromatic N) is 5. The fraction of sp³-hybridized carbons (Fsp3) is 0.407. The van der Waals surface area contributed by atoms with Gasteiger partial charge in [0.05, 0.1) is 17.3 Å². The Kier molecular flexibility index (Phi) is 7.06. The molecule has 2 aliphatic heterocycles. The molecule has 1 saturated heterocycles. The van der Waals surface area contributed by atoms with Gasteiger partial charge in [-0.05, 0) is 63.8 Å². The molecule has 1 unspecified atom stereocenters. The van der Waals surface area contributed by atoms with Gasteiger partial charge in [-0.2, -0.15) is 9.40 Å². The van der Waals surface area contributed by atoms with Gasteiger partial charge < -0.3 is 10.2 Å². The Labute approximate surface area is 222 Å². The zero-order valence-electron chi connectivity index (χ0n) is 21.8. The van der Waals surface area contributed by atoms with Crippen LogP contribution < -0.4 is 10.2 Å². The maximum atomic E-state index is 13.8. The number of carbonyl (C=O) groups is 2. The molecule has 1 aromatic carbocycles. The maximum absolute atomic E-state index is 13.8. The molecule has 11 heteroatoms. The van der Waals surface area contributed by atoms with Crippen LogP contribution in [0.15, 0.2) is 47.4 Å². The van der Waals surface area contributed by atoms with Crippen molar-refractivity contribution in [3.63, 3.8) is 0 Å². The lowest BCUT2D eigenvalue weighted by atomic mass is 9.99. The first-order valence-corrected chi connectivity index (χ1v) is 14.3. The second kappa shape index (κ2) is 10.3. The second-order valence-electron chi connectivity index (χ2n) is 9.94. The van der Waals surface area contributed by atoms with Crippen LogP contribution in [0.3, 0.4) is 0 Å². The molecule has 0 bridgehead atoms. The van der Waals surface area contributed by atoms with Crippen molar-refractivity contribution in [1.29, 1.82) is 0 Å². The molecule has 1 N–H and O–H groups in total. The Morgan fingerprint density at radius 1 is 1.05 bits per heavy atom. The van der Waals surface area contributed by atoms with Crippen molar-refractivity contribution in [3.05, 3.63) is 65.1 Å². The van der Waals surface area contributed by atoms with Gasteiger partial charge in [0.25, 0.3) is 0 Å². The zero-order valence-corrected chi connectivity index (χ0v) is 22.7. The number of hydrogen-bond acceptors (Lipinski definition) is 6. The van der Waals surface area contributed by atoms with Gasteiger partial charge >= 0.3 is 0 Å². The van der Waals surface area contributed by atoms with Crippen LogP contribution in [0.4, 0.5) is 11.5 Å². The SMILES string of the molecule is Cc1cccc(NC(=O)C2CCCN(S(=O)(=O)c3c(C)nn(CC(=O)N4CCc5ccccc54)c3C)C2)n1. The van der Waals surface area contributed by atoms with Gasteiger partial charge in [0.15, 0.2) is 0 Å². The molecule has 5 rings (SSSR count). The van der Waals surface area contributed by atoms with E-state index in [1.165, 1.54) is 8.99 Å². The van der Waals surface area contributed by atoms with E-state index in [-0.39, 0.29) is 29.8 Å². The van der Waals surface area contributed by atoms with Crippen molar-refractivity contribution in [3.8, 4) is 0 Å². The van der Waals surface area contributed by atoms with Crippen LogP contribution in [0.25, 0.3) is 0 Å². The molecule has 0 radical (unpaired) electrons. The van der Waals surface area contributed by atoms with E-state index in [0.717, 1.165) is 23.4 Å². The highest BCUT2D eigenvalue weighted by Gasteiger charge is 2.37. The fourth-order valence-corrected chi connectivity index (χ4v) is 7.26. The summed E-state index contributed by atoms with van der Waals surface area (Å²) < 4.78 is 30.3. The molecule has 3 aromatic rings. The number of benzene rings is 1. The largest absolute Gasteiger partial charge is 0.310 e. The molecule has 10 nitrogen and oxygen atoms in total. The molecule has 0 aliphatic carbocycles. The Hall–Kier alpha value is -3.57. The number of nitrogens with one attached hydrogen (secondary N) is 1. The average molecular weight is 537 g/mol. The van der Waals surface area contributed by atoms with Crippen molar-refractivity contribution in [2.75, 3.05) is 29.9 Å². The van der Waals surface area contributed by atoms with Crippen LogP contribution in [-0.2, 0) is 32.6 Å². The number of aromatic nitrogens is 3. The van der Waals surface area contributed by atoms with Gasteiger partial charge in [-0.3, -0.25) is 14.3 Å². The van der Waals surface area contributed by atoms with Crippen LogP contribution in [0.1, 0.15) is 35.5 Å². The first-order valence-electron chi connectivity index (χ1n) is 12.8. The molecular weight excluding hydrogens is 504 g/mol. The summed E-state index contributed by atoms with van der Waals surface area (Å²) in [6.45, 7) is 6.10. The molecular formula is C27H32N6O4S. The minimum Gasteiger partial charge on any atom is -0.310 e. The van der Waals surface area contributed by atoms with E-state index in [0.29, 0.717) is 43.1 Å². The molecule has 0 saturated carbocycles. The molecule has 1 atom stereocenters. The van der Waals surface area contributed by atoms with Crippen molar-refractivity contribution in [1.82, 2.24) is 19.1 Å². The van der Waals surface area contributed by atoms with E-state index in [9.17, 15) is 18.0 Å². The zero-order chi connectivity index (χ0) is 27.0. The summed E-state index contributed by atoms with van der Waals surface area (Å²) in [4.78, 5) is 32.2. The number of anilines is 2. The third kappa shape index (κ3) is 4.95. The maximum Gasteiger partial charge on any atom is 0.248 e. The van der Waals surface area contributed by atoms with Crippen LogP contribution in [-0.4, -0.2) is 58.9 Å². The van der Waals surface area contributed by atoms with Crippen LogP contribution in [0, 0.1) is 26.7 Å². The number of carbonyl (C=O) groups excluding carboxylic acids is 2. The lowest BCUT2D eigenvalue weighted by molar-refractivity contribution is -0.121. The van der Waals surface area contributed by atoms with Crippen LogP contribution in [0.5, 0.6) is 0 Å². The van der Waals surface area contributed by atoms with E-state index in [2.05, 4.69) is 15.4 Å². The topological polar surface area (TPSA) is 118 Å². The predicted octanol–water partition coefficient (Wildman–Crippen LogP) is 2.83. The number of fused-ring (bicyclic) bond motifs is 1. The predicted molar refractivity (Wildman–Crippen MR) is 143 cm³/mol. The van der Waals surface area contributed by atoms with E-state index >= 15 is 0 Å². The first-order chi connectivity index (χ1) is 18.1. The van der Waals surface area contributed by atoms with E-state index in [1.807, 2.05) is 43.3 Å². The van der Waals surface area contributed by atoms with Gasteiger partial charge in [-0.15, -0.1) is 0 Å². The Morgan fingerprint density at radius 2 is 1.84 bits per heavy atom. The Balaban J connectivity index is 1.32. The van der Waals surface area contributed by atoms with Gasteiger partial charge in [-0.25, -0.2) is 13.4 Å². The quantitative estimate of drug-likeness (QED) is 0.518. The minimum atomic E-state index is -3.92. The molecule has 4 heterocycles. The molecule has 0 spiro atoms. The van der Waals surface area contributed by atoms with Gasteiger partial charge in [-0.1, -0.05) is 24.3 Å². The van der Waals surface area contributed by atoms with E-state index in [1.54, 1.807) is 24.8 Å². The van der Waals surface area contributed by atoms with Crippen molar-refractivity contribution in [2.45, 2.75) is 51.5 Å². The van der Waals surface area contributed by atoms with Crippen LogP contribution in [0.2, 0.25) is 0 Å². The molecule has 1 fully saturated rings. The smallest absolute Gasteiger partial charge is 0.248 e. The highest BCUT2D eigenvalue weighted by molar-refractivity contribution is 7.89. The first kappa shape index (κ1) is 26.1. The standard InChI is InChI=1S/C27H32N6O4S/c1-18-8-6-12-24(28-18)29-27(35)22-10-7-14-31(16-22)38(36,37)26-19(2)30-33(20(26)3)17-25(34)32-15-13-21-9-4-5-11-23(21)32/h4-6,8-9,11-12,22H,7,10,13-17H2,1-3H3,(H,28,29,35). The number of rotatable bonds is 6. The molecule has 38 heavy (non-hydrogen) atoms. The van der Waals surface area contributed by atoms with Gasteiger partial charge in [0.1, 0.15) is 17.3 Å². The fourth-order valence-electron chi connectivity index (χ4n) is 5.36. The van der Waals surface area contributed by atoms with Crippen LogP contribution >= 0.6 is 0 Å². The molecule has 2 aromatic heterocycles. The molecule has 200 valence electrons. The van der Waals surface area contributed by atoms with Gasteiger partial charge in [0.2, 0.25) is 21.8 Å². The van der Waals surface area contributed by atoms with Crippen molar-refractivity contribution in [2.24, 2.45) is 5.92 Å². The second-order valence-corrected chi connectivity index (χ2v) is 11.8. The molecule has 2 aliphatic rings.